The molecule has 9 heteroatoms. The zero-order valence-corrected chi connectivity index (χ0v) is 15.8. The Labute approximate surface area is 165 Å². The first-order chi connectivity index (χ1) is 13.9. The van der Waals surface area contributed by atoms with E-state index in [-0.39, 0.29) is 34.1 Å². The van der Waals surface area contributed by atoms with Gasteiger partial charge in [-0.2, -0.15) is 8.78 Å². The van der Waals surface area contributed by atoms with E-state index in [1.54, 1.807) is 6.07 Å². The Morgan fingerprint density at radius 2 is 1.69 bits per heavy atom. The first-order valence-electron chi connectivity index (χ1n) is 8.17. The van der Waals surface area contributed by atoms with Crippen LogP contribution in [0.1, 0.15) is 15.9 Å². The van der Waals surface area contributed by atoms with Crippen molar-refractivity contribution >= 4 is 18.0 Å². The van der Waals surface area contributed by atoms with Gasteiger partial charge in [0.15, 0.2) is 23.0 Å². The van der Waals surface area contributed by atoms with Crippen molar-refractivity contribution in [3.8, 4) is 23.0 Å². The van der Waals surface area contributed by atoms with Crippen LogP contribution < -0.4 is 18.9 Å². The van der Waals surface area contributed by atoms with Gasteiger partial charge in [-0.3, -0.25) is 0 Å². The standard InChI is InChI=1S/C20H18F2O7/c1-25-15-6-4-5-12(18(15)29-20(21)22)8-10-17(23)28-14-9-7-13(19(24)27-3)11-16(14)26-2/h4-11,20H,1-3H3/b10-8+. The molecule has 0 bridgehead atoms. The average molecular weight is 408 g/mol. The summed E-state index contributed by atoms with van der Waals surface area (Å²) in [5.74, 6) is -1.32. The van der Waals surface area contributed by atoms with Gasteiger partial charge in [-0.25, -0.2) is 9.59 Å². The van der Waals surface area contributed by atoms with E-state index < -0.39 is 18.6 Å². The predicted octanol–water partition coefficient (Wildman–Crippen LogP) is 3.71. The molecule has 0 aliphatic rings. The molecule has 0 aliphatic carbocycles. The molecule has 0 N–H and O–H groups in total. The van der Waals surface area contributed by atoms with Gasteiger partial charge in [0.05, 0.1) is 26.9 Å². The Bertz CT molecular complexity index is 910. The number of alkyl halides is 2. The van der Waals surface area contributed by atoms with E-state index in [9.17, 15) is 18.4 Å². The summed E-state index contributed by atoms with van der Waals surface area (Å²) in [6, 6.07) is 8.59. The second kappa shape index (κ2) is 10.1. The van der Waals surface area contributed by atoms with Crippen molar-refractivity contribution in [1.82, 2.24) is 0 Å². The molecule has 0 saturated carbocycles. The Kier molecular flexibility index (Phi) is 7.53. The van der Waals surface area contributed by atoms with Crippen LogP contribution in [0, 0.1) is 0 Å². The number of esters is 2. The maximum absolute atomic E-state index is 12.7. The third kappa shape index (κ3) is 5.68. The number of methoxy groups -OCH3 is 3. The van der Waals surface area contributed by atoms with Gasteiger partial charge in [0.1, 0.15) is 0 Å². The second-order valence-corrected chi connectivity index (χ2v) is 5.37. The fraction of sp³-hybridized carbons (Fsp3) is 0.200. The molecule has 0 saturated heterocycles. The summed E-state index contributed by atoms with van der Waals surface area (Å²) in [6.45, 7) is -3.07. The van der Waals surface area contributed by atoms with Crippen LogP contribution in [-0.2, 0) is 9.53 Å². The maximum atomic E-state index is 12.7. The Morgan fingerprint density at radius 3 is 2.31 bits per heavy atom. The molecule has 0 aliphatic heterocycles. The van der Waals surface area contributed by atoms with E-state index in [2.05, 4.69) is 9.47 Å². The van der Waals surface area contributed by atoms with Crippen LogP contribution in [0.25, 0.3) is 6.08 Å². The molecule has 0 spiro atoms. The van der Waals surface area contributed by atoms with E-state index in [1.807, 2.05) is 0 Å². The number of carbonyl (C=O) groups excluding carboxylic acids is 2. The van der Waals surface area contributed by atoms with Gasteiger partial charge >= 0.3 is 18.6 Å². The quantitative estimate of drug-likeness (QED) is 0.374. The molecule has 0 aromatic heterocycles. The second-order valence-electron chi connectivity index (χ2n) is 5.37. The fourth-order valence-electron chi connectivity index (χ4n) is 2.34. The minimum atomic E-state index is -3.07. The van der Waals surface area contributed by atoms with Crippen LogP contribution in [0.15, 0.2) is 42.5 Å². The lowest BCUT2D eigenvalue weighted by Gasteiger charge is -2.12. The summed E-state index contributed by atoms with van der Waals surface area (Å²) >= 11 is 0. The zero-order valence-electron chi connectivity index (χ0n) is 15.8. The summed E-state index contributed by atoms with van der Waals surface area (Å²) in [6.07, 6.45) is 2.28. The highest BCUT2D eigenvalue weighted by Crippen LogP contribution is 2.33. The van der Waals surface area contributed by atoms with Crippen molar-refractivity contribution in [1.29, 1.82) is 0 Å². The molecule has 0 heterocycles. The SMILES string of the molecule is COC(=O)c1ccc(OC(=O)/C=C/c2cccc(OC)c2OC(F)F)c(OC)c1. The molecule has 0 radical (unpaired) electrons. The maximum Gasteiger partial charge on any atom is 0.387 e. The Balaban J connectivity index is 2.21. The highest BCUT2D eigenvalue weighted by atomic mass is 19.3. The third-order valence-corrected chi connectivity index (χ3v) is 3.63. The lowest BCUT2D eigenvalue weighted by molar-refractivity contribution is -0.129. The van der Waals surface area contributed by atoms with Crippen molar-refractivity contribution in [3.63, 3.8) is 0 Å². The van der Waals surface area contributed by atoms with Crippen LogP contribution >= 0.6 is 0 Å². The van der Waals surface area contributed by atoms with Crippen molar-refractivity contribution in [3.05, 3.63) is 53.6 Å². The highest BCUT2D eigenvalue weighted by Gasteiger charge is 2.15. The van der Waals surface area contributed by atoms with Crippen LogP contribution in [0.5, 0.6) is 23.0 Å². The molecule has 0 fully saturated rings. The summed E-state index contributed by atoms with van der Waals surface area (Å²) in [4.78, 5) is 23.7. The molecular weight excluding hydrogens is 390 g/mol. The van der Waals surface area contributed by atoms with Crippen molar-refractivity contribution in [2.45, 2.75) is 6.61 Å². The van der Waals surface area contributed by atoms with E-state index in [4.69, 9.17) is 14.2 Å². The average Bonchev–Trinajstić information content (AvgIpc) is 2.72. The van der Waals surface area contributed by atoms with E-state index in [0.29, 0.717) is 0 Å². The lowest BCUT2D eigenvalue weighted by atomic mass is 10.1. The van der Waals surface area contributed by atoms with E-state index in [1.165, 1.54) is 57.7 Å². The molecule has 2 rings (SSSR count). The molecule has 2 aromatic rings. The normalized spacial score (nSPS) is 10.7. The van der Waals surface area contributed by atoms with Crippen LogP contribution in [0.4, 0.5) is 8.78 Å². The molecule has 0 unspecified atom stereocenters. The van der Waals surface area contributed by atoms with Crippen molar-refractivity contribution in [2.24, 2.45) is 0 Å². The van der Waals surface area contributed by atoms with Crippen molar-refractivity contribution in [2.75, 3.05) is 21.3 Å². The minimum absolute atomic E-state index is 0.0597. The predicted molar refractivity (Wildman–Crippen MR) is 98.6 cm³/mol. The summed E-state index contributed by atoms with van der Waals surface area (Å²) < 4.78 is 49.7. The fourth-order valence-corrected chi connectivity index (χ4v) is 2.34. The molecule has 7 nitrogen and oxygen atoms in total. The van der Waals surface area contributed by atoms with E-state index >= 15 is 0 Å². The van der Waals surface area contributed by atoms with Crippen LogP contribution in [0.2, 0.25) is 0 Å². The molecule has 0 atom stereocenters. The molecule has 0 amide bonds. The highest BCUT2D eigenvalue weighted by molar-refractivity contribution is 5.92. The number of hydrogen-bond acceptors (Lipinski definition) is 7. The number of para-hydroxylation sites is 1. The monoisotopic (exact) mass is 408 g/mol. The van der Waals surface area contributed by atoms with Gasteiger partial charge in [0, 0.05) is 11.6 Å². The van der Waals surface area contributed by atoms with E-state index in [0.717, 1.165) is 6.08 Å². The minimum Gasteiger partial charge on any atom is -0.493 e. The number of rotatable bonds is 8. The number of benzene rings is 2. The van der Waals surface area contributed by atoms with Gasteiger partial charge in [-0.1, -0.05) is 12.1 Å². The summed E-state index contributed by atoms with van der Waals surface area (Å²) in [7, 11) is 3.88. The Morgan fingerprint density at radius 1 is 0.966 bits per heavy atom. The number of halogens is 2. The first kappa shape index (κ1) is 21.7. The molecule has 154 valence electrons. The largest absolute Gasteiger partial charge is 0.493 e. The van der Waals surface area contributed by atoms with Crippen molar-refractivity contribution < 1.29 is 42.1 Å². The van der Waals surface area contributed by atoms with Crippen LogP contribution in [-0.4, -0.2) is 39.9 Å². The summed E-state index contributed by atoms with van der Waals surface area (Å²) in [5, 5.41) is 0. The third-order valence-electron chi connectivity index (χ3n) is 3.63. The lowest BCUT2D eigenvalue weighted by Crippen LogP contribution is -2.07. The zero-order chi connectivity index (χ0) is 21.4. The number of carbonyl (C=O) groups is 2. The van der Waals surface area contributed by atoms with Gasteiger partial charge in [-0.05, 0) is 30.3 Å². The Hall–Kier alpha value is -3.62. The summed E-state index contributed by atoms with van der Waals surface area (Å²) in [5.41, 5.74) is 0.402. The first-order valence-corrected chi connectivity index (χ1v) is 8.17. The van der Waals surface area contributed by atoms with Gasteiger partial charge in [-0.15, -0.1) is 0 Å². The van der Waals surface area contributed by atoms with Gasteiger partial charge in [0.2, 0.25) is 0 Å². The molecular formula is C20H18F2O7. The molecule has 29 heavy (non-hydrogen) atoms. The number of hydrogen-bond donors (Lipinski definition) is 0. The smallest absolute Gasteiger partial charge is 0.387 e. The van der Waals surface area contributed by atoms with Crippen LogP contribution in [0.3, 0.4) is 0 Å². The molecule has 2 aromatic carbocycles. The van der Waals surface area contributed by atoms with Gasteiger partial charge < -0.3 is 23.7 Å². The number of ether oxygens (including phenoxy) is 5. The van der Waals surface area contributed by atoms with Gasteiger partial charge in [0.25, 0.3) is 0 Å². The topological polar surface area (TPSA) is 80.3 Å².